The molecule has 1 aliphatic carbocycles. The largest absolute Gasteiger partial charge is 0.390 e. The van der Waals surface area contributed by atoms with Crippen LogP contribution in [0.2, 0.25) is 0 Å². The van der Waals surface area contributed by atoms with Crippen LogP contribution in [0.25, 0.3) is 0 Å². The molecule has 92 valence electrons. The number of aliphatic hydroxyl groups is 1. The molecule has 2 aliphatic rings. The van der Waals surface area contributed by atoms with Crippen LogP contribution >= 0.6 is 0 Å². The van der Waals surface area contributed by atoms with E-state index in [1.54, 1.807) is 6.92 Å². The smallest absolute Gasteiger partial charge is 0.170 e. The lowest BCUT2D eigenvalue weighted by atomic mass is 9.61. The number of ketones is 1. The average Bonchev–Trinajstić information content (AvgIpc) is 2.38. The van der Waals surface area contributed by atoms with Gasteiger partial charge in [-0.15, -0.1) is 0 Å². The lowest BCUT2D eigenvalue weighted by Gasteiger charge is -2.44. The van der Waals surface area contributed by atoms with Gasteiger partial charge in [0.1, 0.15) is 6.10 Å². The van der Waals surface area contributed by atoms with Crippen LogP contribution in [0.1, 0.15) is 47.0 Å². The van der Waals surface area contributed by atoms with E-state index in [4.69, 9.17) is 4.74 Å². The first-order valence-corrected chi connectivity index (χ1v) is 6.17. The molecule has 3 heteroatoms. The quantitative estimate of drug-likeness (QED) is 0.743. The predicted octanol–water partition coefficient (Wildman–Crippen LogP) is 1.92. The van der Waals surface area contributed by atoms with Crippen LogP contribution in [0.3, 0.4) is 0 Å². The molecule has 1 heterocycles. The molecular weight excluding hydrogens is 204 g/mol. The molecular formula is C13H22O3. The fourth-order valence-corrected chi connectivity index (χ4v) is 3.67. The van der Waals surface area contributed by atoms with Gasteiger partial charge in [0.2, 0.25) is 0 Å². The Labute approximate surface area is 97.2 Å². The number of carbonyl (C=O) groups excluding carboxylic acids is 1. The second-order valence-corrected chi connectivity index (χ2v) is 6.27. The second kappa shape index (κ2) is 3.54. The van der Waals surface area contributed by atoms with Crippen molar-refractivity contribution in [1.29, 1.82) is 0 Å². The molecule has 16 heavy (non-hydrogen) atoms. The Hall–Kier alpha value is -0.410. The van der Waals surface area contributed by atoms with E-state index in [9.17, 15) is 9.90 Å². The molecule has 0 aromatic heterocycles. The first-order valence-electron chi connectivity index (χ1n) is 6.17. The van der Waals surface area contributed by atoms with Crippen molar-refractivity contribution >= 4 is 5.78 Å². The van der Waals surface area contributed by atoms with Crippen LogP contribution in [-0.2, 0) is 9.53 Å². The van der Waals surface area contributed by atoms with Gasteiger partial charge in [-0.3, -0.25) is 4.79 Å². The summed E-state index contributed by atoms with van der Waals surface area (Å²) in [7, 11) is 0. The topological polar surface area (TPSA) is 46.5 Å². The van der Waals surface area contributed by atoms with Crippen LogP contribution in [-0.4, -0.2) is 28.7 Å². The van der Waals surface area contributed by atoms with Gasteiger partial charge in [0, 0.05) is 0 Å². The van der Waals surface area contributed by atoms with Crippen LogP contribution in [0.15, 0.2) is 0 Å². The molecule has 0 radical (unpaired) electrons. The summed E-state index contributed by atoms with van der Waals surface area (Å²) in [6.45, 7) is 7.94. The monoisotopic (exact) mass is 226 g/mol. The molecule has 1 N–H and O–H groups in total. The van der Waals surface area contributed by atoms with Gasteiger partial charge in [-0.05, 0) is 32.1 Å². The minimum atomic E-state index is -0.703. The zero-order valence-corrected chi connectivity index (χ0v) is 10.6. The maximum absolute atomic E-state index is 12.3. The fraction of sp³-hybridized carbons (Fsp3) is 0.923. The molecule has 4 atom stereocenters. The Balaban J connectivity index is 2.35. The lowest BCUT2D eigenvalue weighted by molar-refractivity contribution is -0.130. The highest BCUT2D eigenvalue weighted by Crippen LogP contribution is 2.53. The van der Waals surface area contributed by atoms with E-state index in [0.717, 1.165) is 19.3 Å². The maximum Gasteiger partial charge on any atom is 0.170 e. The molecule has 0 amide bonds. The first-order chi connectivity index (χ1) is 7.28. The van der Waals surface area contributed by atoms with Crippen molar-refractivity contribution in [3.8, 4) is 0 Å². The normalized spacial score (nSPS) is 44.2. The van der Waals surface area contributed by atoms with E-state index < -0.39 is 12.2 Å². The van der Waals surface area contributed by atoms with Crippen molar-refractivity contribution in [3.63, 3.8) is 0 Å². The van der Waals surface area contributed by atoms with E-state index in [2.05, 4.69) is 13.8 Å². The number of carbonyl (C=O) groups is 1. The Morgan fingerprint density at radius 3 is 2.50 bits per heavy atom. The van der Waals surface area contributed by atoms with E-state index in [0.29, 0.717) is 0 Å². The van der Waals surface area contributed by atoms with Crippen LogP contribution in [0.5, 0.6) is 0 Å². The Morgan fingerprint density at radius 1 is 1.38 bits per heavy atom. The Morgan fingerprint density at radius 2 is 2.00 bits per heavy atom. The summed E-state index contributed by atoms with van der Waals surface area (Å²) in [6, 6.07) is 0. The number of fused-ring (bicyclic) bond motifs is 1. The zero-order valence-electron chi connectivity index (χ0n) is 10.6. The highest BCUT2D eigenvalue weighted by Gasteiger charge is 2.59. The first kappa shape index (κ1) is 12.1. The molecule has 3 unspecified atom stereocenters. The van der Waals surface area contributed by atoms with Crippen molar-refractivity contribution in [2.45, 2.75) is 64.8 Å². The van der Waals surface area contributed by atoms with Gasteiger partial charge in [0.15, 0.2) is 5.78 Å². The van der Waals surface area contributed by atoms with Crippen molar-refractivity contribution < 1.29 is 14.6 Å². The van der Waals surface area contributed by atoms with Crippen molar-refractivity contribution in [2.75, 3.05) is 0 Å². The maximum atomic E-state index is 12.3. The molecule has 0 aromatic rings. The van der Waals surface area contributed by atoms with Gasteiger partial charge in [0.05, 0.1) is 17.6 Å². The van der Waals surface area contributed by atoms with Crippen LogP contribution in [0, 0.1) is 11.3 Å². The third kappa shape index (κ3) is 1.61. The van der Waals surface area contributed by atoms with E-state index >= 15 is 0 Å². The van der Waals surface area contributed by atoms with Gasteiger partial charge in [-0.2, -0.15) is 0 Å². The highest BCUT2D eigenvalue weighted by atomic mass is 16.5. The molecule has 2 fully saturated rings. The van der Waals surface area contributed by atoms with E-state index in [-0.39, 0.29) is 22.7 Å². The van der Waals surface area contributed by atoms with Gasteiger partial charge in [-0.25, -0.2) is 0 Å². The number of rotatable bonds is 1. The molecule has 2 rings (SSSR count). The van der Waals surface area contributed by atoms with Gasteiger partial charge < -0.3 is 9.84 Å². The molecule has 1 saturated carbocycles. The van der Waals surface area contributed by atoms with Gasteiger partial charge >= 0.3 is 0 Å². The summed E-state index contributed by atoms with van der Waals surface area (Å²) in [5, 5.41) is 9.61. The van der Waals surface area contributed by atoms with E-state index in [1.807, 2.05) is 6.92 Å². The molecule has 0 aromatic carbocycles. The number of ether oxygens (including phenoxy) is 1. The number of aliphatic hydroxyl groups excluding tert-OH is 1. The van der Waals surface area contributed by atoms with Crippen LogP contribution < -0.4 is 0 Å². The lowest BCUT2D eigenvalue weighted by Crippen LogP contribution is -2.46. The molecule has 3 nitrogen and oxygen atoms in total. The number of Topliss-reactive ketones (excluding diaryl/α,β-unsaturated/α-hetero) is 1. The summed E-state index contributed by atoms with van der Waals surface area (Å²) in [6.07, 6.45) is 1.77. The fourth-order valence-electron chi connectivity index (χ4n) is 3.67. The van der Waals surface area contributed by atoms with Gasteiger partial charge in [-0.1, -0.05) is 20.3 Å². The molecule has 0 spiro atoms. The number of hydrogen-bond acceptors (Lipinski definition) is 3. The summed E-state index contributed by atoms with van der Waals surface area (Å²) in [5.41, 5.74) is -0.367. The van der Waals surface area contributed by atoms with Crippen molar-refractivity contribution in [1.82, 2.24) is 0 Å². The molecule has 1 aliphatic heterocycles. The Bertz CT molecular complexity index is 308. The summed E-state index contributed by atoms with van der Waals surface area (Å²) in [4.78, 5) is 12.3. The minimum Gasteiger partial charge on any atom is -0.390 e. The average molecular weight is 226 g/mol. The summed E-state index contributed by atoms with van der Waals surface area (Å²) in [5.74, 6) is 0.0375. The molecule has 0 bridgehead atoms. The van der Waals surface area contributed by atoms with Crippen LogP contribution in [0.4, 0.5) is 0 Å². The van der Waals surface area contributed by atoms with E-state index in [1.165, 1.54) is 0 Å². The predicted molar refractivity (Wildman–Crippen MR) is 61.1 cm³/mol. The third-order valence-corrected chi connectivity index (χ3v) is 4.29. The zero-order chi connectivity index (χ0) is 12.1. The SMILES string of the molecule is CC(O)C1O[C@]2(C)CCCC(C)(C)C2C1=O. The van der Waals surface area contributed by atoms with Crippen molar-refractivity contribution in [2.24, 2.45) is 11.3 Å². The second-order valence-electron chi connectivity index (χ2n) is 6.27. The standard InChI is InChI=1S/C13H22O3/c1-8(14)10-9(15)11-12(2,3)6-5-7-13(11,4)16-10/h8,10-11,14H,5-7H2,1-4H3/t8?,10?,11?,13-/m1/s1. The summed E-state index contributed by atoms with van der Waals surface area (Å²) >= 11 is 0. The summed E-state index contributed by atoms with van der Waals surface area (Å²) < 4.78 is 5.86. The molecule has 1 saturated heterocycles. The van der Waals surface area contributed by atoms with Gasteiger partial charge in [0.25, 0.3) is 0 Å². The Kier molecular flexibility index (Phi) is 2.67. The minimum absolute atomic E-state index is 0.00623. The number of hydrogen-bond donors (Lipinski definition) is 1. The highest BCUT2D eigenvalue weighted by molar-refractivity contribution is 5.89. The van der Waals surface area contributed by atoms with Crippen molar-refractivity contribution in [3.05, 3.63) is 0 Å². The third-order valence-electron chi connectivity index (χ3n) is 4.29.